The number of aryl methyl sites for hydroxylation is 4. The average Bonchev–Trinajstić information content (AvgIpc) is 2.97. The zero-order chi connectivity index (χ0) is 19.3. The molecular formula is C23H20ClN3S. The first-order chi connectivity index (χ1) is 13.6. The Morgan fingerprint density at radius 1 is 1.00 bits per heavy atom. The molecule has 28 heavy (non-hydrogen) atoms. The van der Waals surface area contributed by atoms with E-state index in [0.29, 0.717) is 0 Å². The predicted molar refractivity (Wildman–Crippen MR) is 119 cm³/mol. The van der Waals surface area contributed by atoms with Gasteiger partial charge in [-0.05, 0) is 79.6 Å². The summed E-state index contributed by atoms with van der Waals surface area (Å²) in [5.41, 5.74) is 7.75. The minimum absolute atomic E-state index is 0.725. The van der Waals surface area contributed by atoms with E-state index in [0.717, 1.165) is 39.6 Å². The molecule has 1 aliphatic carbocycles. The highest BCUT2D eigenvalue weighted by Gasteiger charge is 2.23. The van der Waals surface area contributed by atoms with Crippen LogP contribution in [0.25, 0.3) is 21.3 Å². The number of rotatable bonds is 2. The second-order valence-electron chi connectivity index (χ2n) is 7.38. The maximum atomic E-state index is 6.04. The van der Waals surface area contributed by atoms with Crippen LogP contribution in [0.1, 0.15) is 28.0 Å². The minimum Gasteiger partial charge on any atom is -0.340 e. The van der Waals surface area contributed by atoms with E-state index in [1.165, 1.54) is 39.1 Å². The van der Waals surface area contributed by atoms with E-state index in [1.54, 1.807) is 17.7 Å². The number of thiophene rings is 1. The fourth-order valence-corrected chi connectivity index (χ4v) is 5.28. The summed E-state index contributed by atoms with van der Waals surface area (Å²) in [5.74, 6) is 0.857. The molecular weight excluding hydrogens is 386 g/mol. The second kappa shape index (κ2) is 6.87. The molecule has 0 fully saturated rings. The first-order valence-electron chi connectivity index (χ1n) is 9.49. The summed E-state index contributed by atoms with van der Waals surface area (Å²) >= 11 is 7.84. The molecule has 4 aromatic rings. The Morgan fingerprint density at radius 3 is 2.61 bits per heavy atom. The fourth-order valence-electron chi connectivity index (χ4n) is 3.96. The fraction of sp³-hybridized carbons (Fsp3) is 0.217. The van der Waals surface area contributed by atoms with Crippen molar-refractivity contribution in [3.8, 4) is 11.1 Å². The third-order valence-electron chi connectivity index (χ3n) is 5.51. The number of hydrogen-bond acceptors (Lipinski definition) is 4. The third kappa shape index (κ3) is 2.97. The van der Waals surface area contributed by atoms with E-state index in [9.17, 15) is 0 Å². The standard InChI is InChI=1S/C23H20ClN3S/c1-13-10-15-4-3-5-19-20(18(15)11-14(13)2)21-22(25-12-26-23(21)28-19)27-17-8-6-16(24)7-9-17/h6-12H,3-5H2,1-2H3,(H,25,26,27). The molecule has 5 rings (SSSR count). The number of anilines is 2. The van der Waals surface area contributed by atoms with Crippen LogP contribution in [-0.4, -0.2) is 9.97 Å². The van der Waals surface area contributed by atoms with Crippen molar-refractivity contribution in [1.82, 2.24) is 9.97 Å². The molecule has 0 saturated heterocycles. The number of aromatic nitrogens is 2. The van der Waals surface area contributed by atoms with Crippen molar-refractivity contribution in [2.75, 3.05) is 5.32 Å². The van der Waals surface area contributed by atoms with Crippen molar-refractivity contribution < 1.29 is 0 Å². The summed E-state index contributed by atoms with van der Waals surface area (Å²) < 4.78 is 0. The van der Waals surface area contributed by atoms with Crippen LogP contribution in [0.4, 0.5) is 11.5 Å². The van der Waals surface area contributed by atoms with Gasteiger partial charge in [-0.15, -0.1) is 11.3 Å². The first kappa shape index (κ1) is 17.7. The van der Waals surface area contributed by atoms with Crippen molar-refractivity contribution in [2.45, 2.75) is 33.1 Å². The zero-order valence-corrected chi connectivity index (χ0v) is 17.4. The summed E-state index contributed by atoms with van der Waals surface area (Å²) in [6.07, 6.45) is 5.02. The Bertz CT molecular complexity index is 1190. The average molecular weight is 406 g/mol. The molecule has 0 amide bonds. The number of fused-ring (bicyclic) bond motifs is 5. The van der Waals surface area contributed by atoms with Gasteiger partial charge in [-0.2, -0.15) is 0 Å². The zero-order valence-electron chi connectivity index (χ0n) is 15.8. The van der Waals surface area contributed by atoms with Crippen molar-refractivity contribution in [2.24, 2.45) is 0 Å². The molecule has 2 aromatic carbocycles. The summed E-state index contributed by atoms with van der Waals surface area (Å²) in [7, 11) is 0. The van der Waals surface area contributed by atoms with Crippen LogP contribution in [0.5, 0.6) is 0 Å². The normalized spacial score (nSPS) is 13.1. The van der Waals surface area contributed by atoms with Gasteiger partial charge in [0.2, 0.25) is 0 Å². The van der Waals surface area contributed by atoms with Gasteiger partial charge >= 0.3 is 0 Å². The molecule has 1 aliphatic rings. The van der Waals surface area contributed by atoms with Crippen LogP contribution in [-0.2, 0) is 12.8 Å². The highest BCUT2D eigenvalue weighted by atomic mass is 35.5. The molecule has 0 atom stereocenters. The van der Waals surface area contributed by atoms with Gasteiger partial charge in [0.25, 0.3) is 0 Å². The summed E-state index contributed by atoms with van der Waals surface area (Å²) in [6, 6.07) is 12.4. The quantitative estimate of drug-likeness (QED) is 0.395. The van der Waals surface area contributed by atoms with Gasteiger partial charge < -0.3 is 5.32 Å². The Kier molecular flexibility index (Phi) is 4.33. The SMILES string of the molecule is Cc1cc2c(cc1C)-c1c(sc3ncnc(Nc4ccc(Cl)cc4)c13)CCC2. The van der Waals surface area contributed by atoms with Gasteiger partial charge in [0.05, 0.1) is 5.39 Å². The van der Waals surface area contributed by atoms with E-state index in [4.69, 9.17) is 11.6 Å². The monoisotopic (exact) mass is 405 g/mol. The van der Waals surface area contributed by atoms with Crippen LogP contribution in [0.2, 0.25) is 5.02 Å². The van der Waals surface area contributed by atoms with Gasteiger partial charge in [-0.3, -0.25) is 0 Å². The topological polar surface area (TPSA) is 37.8 Å². The predicted octanol–water partition coefficient (Wildman–Crippen LogP) is 6.86. The second-order valence-corrected chi connectivity index (χ2v) is 8.90. The minimum atomic E-state index is 0.725. The van der Waals surface area contributed by atoms with Gasteiger partial charge in [-0.25, -0.2) is 9.97 Å². The van der Waals surface area contributed by atoms with Crippen LogP contribution in [0.15, 0.2) is 42.7 Å². The van der Waals surface area contributed by atoms with E-state index in [-0.39, 0.29) is 0 Å². The maximum Gasteiger partial charge on any atom is 0.143 e. The van der Waals surface area contributed by atoms with Gasteiger partial charge in [0, 0.05) is 21.2 Å². The van der Waals surface area contributed by atoms with Crippen LogP contribution in [0.3, 0.4) is 0 Å². The molecule has 1 N–H and O–H groups in total. The molecule has 5 heteroatoms. The van der Waals surface area contributed by atoms with Crippen LogP contribution < -0.4 is 5.32 Å². The largest absolute Gasteiger partial charge is 0.340 e. The third-order valence-corrected chi connectivity index (χ3v) is 6.92. The number of benzene rings is 2. The Labute approximate surface area is 173 Å². The summed E-state index contributed by atoms with van der Waals surface area (Å²) in [6.45, 7) is 4.39. The molecule has 0 spiro atoms. The van der Waals surface area contributed by atoms with E-state index < -0.39 is 0 Å². The number of nitrogens with zero attached hydrogens (tertiary/aromatic N) is 2. The molecule has 140 valence electrons. The highest BCUT2D eigenvalue weighted by Crippen LogP contribution is 2.45. The molecule has 0 unspecified atom stereocenters. The Morgan fingerprint density at radius 2 is 1.79 bits per heavy atom. The van der Waals surface area contributed by atoms with E-state index in [2.05, 4.69) is 41.3 Å². The molecule has 0 radical (unpaired) electrons. The molecule has 0 bridgehead atoms. The van der Waals surface area contributed by atoms with Gasteiger partial charge in [0.1, 0.15) is 17.0 Å². The Balaban J connectivity index is 1.74. The number of halogens is 1. The lowest BCUT2D eigenvalue weighted by molar-refractivity contribution is 0.843. The van der Waals surface area contributed by atoms with Crippen molar-refractivity contribution in [1.29, 1.82) is 0 Å². The maximum absolute atomic E-state index is 6.04. The van der Waals surface area contributed by atoms with Gasteiger partial charge in [0.15, 0.2) is 0 Å². The van der Waals surface area contributed by atoms with Crippen LogP contribution in [0, 0.1) is 13.8 Å². The lowest BCUT2D eigenvalue weighted by Crippen LogP contribution is -1.97. The molecule has 0 aliphatic heterocycles. The number of nitrogens with one attached hydrogen (secondary N) is 1. The summed E-state index contributed by atoms with van der Waals surface area (Å²) in [5, 5.41) is 5.34. The molecule has 2 heterocycles. The van der Waals surface area contributed by atoms with Crippen molar-refractivity contribution >= 4 is 44.7 Å². The molecule has 3 nitrogen and oxygen atoms in total. The van der Waals surface area contributed by atoms with E-state index >= 15 is 0 Å². The Hall–Kier alpha value is -2.43. The highest BCUT2D eigenvalue weighted by molar-refractivity contribution is 7.19. The number of hydrogen-bond donors (Lipinski definition) is 1. The lowest BCUT2D eigenvalue weighted by Gasteiger charge is -2.13. The van der Waals surface area contributed by atoms with Crippen molar-refractivity contribution in [3.63, 3.8) is 0 Å². The van der Waals surface area contributed by atoms with Gasteiger partial charge in [-0.1, -0.05) is 23.7 Å². The van der Waals surface area contributed by atoms with Crippen molar-refractivity contribution in [3.05, 3.63) is 69.3 Å². The summed E-state index contributed by atoms with van der Waals surface area (Å²) in [4.78, 5) is 11.6. The first-order valence-corrected chi connectivity index (χ1v) is 10.7. The lowest BCUT2D eigenvalue weighted by atomic mass is 9.93. The van der Waals surface area contributed by atoms with Crippen LogP contribution >= 0.6 is 22.9 Å². The smallest absolute Gasteiger partial charge is 0.143 e. The van der Waals surface area contributed by atoms with E-state index in [1.807, 2.05) is 24.3 Å². The molecule has 0 saturated carbocycles. The molecule has 2 aromatic heterocycles.